The van der Waals surface area contributed by atoms with Crippen molar-refractivity contribution in [2.24, 2.45) is 0 Å². The summed E-state index contributed by atoms with van der Waals surface area (Å²) in [6.07, 6.45) is 6.73. The van der Waals surface area contributed by atoms with Crippen LogP contribution in [0.2, 0.25) is 0 Å². The molecule has 0 amide bonds. The van der Waals surface area contributed by atoms with Gasteiger partial charge in [0, 0.05) is 24.1 Å². The number of pyridine rings is 1. The molecule has 23 heavy (non-hydrogen) atoms. The van der Waals surface area contributed by atoms with E-state index in [1.807, 2.05) is 0 Å². The molecule has 0 unspecified atom stereocenters. The molecule has 0 fully saturated rings. The maximum absolute atomic E-state index is 2.37. The first-order chi connectivity index (χ1) is 11.4. The topological polar surface area (TPSA) is 3.88 Å². The number of fused-ring (bicyclic) bond motifs is 4. The van der Waals surface area contributed by atoms with Crippen LogP contribution in [0.5, 0.6) is 0 Å². The van der Waals surface area contributed by atoms with Gasteiger partial charge in [0.15, 0.2) is 12.7 Å². The molecule has 2 heterocycles. The Balaban J connectivity index is 1.55. The summed E-state index contributed by atoms with van der Waals surface area (Å²) in [5.41, 5.74) is 9.85. The number of nitrogens with zero attached hydrogens (tertiary/aromatic N) is 1. The van der Waals surface area contributed by atoms with Gasteiger partial charge in [-0.15, -0.1) is 0 Å². The molecule has 5 rings (SSSR count). The van der Waals surface area contributed by atoms with Crippen LogP contribution in [0.4, 0.5) is 0 Å². The van der Waals surface area contributed by atoms with E-state index in [9.17, 15) is 0 Å². The van der Waals surface area contributed by atoms with E-state index in [0.717, 1.165) is 19.4 Å². The van der Waals surface area contributed by atoms with Crippen molar-refractivity contribution in [3.05, 3.63) is 89.2 Å². The van der Waals surface area contributed by atoms with Crippen LogP contribution < -0.4 is 4.57 Å². The Labute approximate surface area is 136 Å². The van der Waals surface area contributed by atoms with Crippen LogP contribution in [0.15, 0.2) is 66.9 Å². The van der Waals surface area contributed by atoms with E-state index in [1.165, 1.54) is 39.1 Å². The van der Waals surface area contributed by atoms with Crippen molar-refractivity contribution < 1.29 is 4.57 Å². The lowest BCUT2D eigenvalue weighted by Gasteiger charge is -2.03. The fraction of sp³-hybridized carbons (Fsp3) is 0.136. The molecule has 0 saturated heterocycles. The third-order valence-electron chi connectivity index (χ3n) is 5.05. The molecule has 0 bridgehead atoms. The lowest BCUT2D eigenvalue weighted by molar-refractivity contribution is -0.689. The maximum Gasteiger partial charge on any atom is 0.208 e. The summed E-state index contributed by atoms with van der Waals surface area (Å²) in [6.45, 7) is 1.10. The number of aromatic nitrogens is 1. The molecule has 110 valence electrons. The molecular weight excluding hydrogens is 278 g/mol. The average Bonchev–Trinajstić information content (AvgIpc) is 3.16. The lowest BCUT2D eigenvalue weighted by atomic mass is 10.0. The van der Waals surface area contributed by atoms with E-state index in [1.54, 1.807) is 0 Å². The SMILES string of the molecule is C(=C1/CC[n+]2ccccc21)/c1ccc2c(c1)Cc1ccccc1-2. The highest BCUT2D eigenvalue weighted by molar-refractivity contribution is 5.83. The van der Waals surface area contributed by atoms with E-state index in [-0.39, 0.29) is 0 Å². The standard InChI is InChI=1S/C22H18N/c1-2-6-20-17(5-1)15-19-14-16(8-9-21(19)20)13-18-10-12-23-11-4-3-7-22(18)23/h1-9,11,13-14H,10,12,15H2/q+1/b18-13+. The van der Waals surface area contributed by atoms with Crippen LogP contribution in [-0.4, -0.2) is 0 Å². The van der Waals surface area contributed by atoms with Gasteiger partial charge < -0.3 is 0 Å². The summed E-state index contributed by atoms with van der Waals surface area (Å²) in [7, 11) is 0. The third kappa shape index (κ3) is 2.04. The third-order valence-corrected chi connectivity index (χ3v) is 5.05. The fourth-order valence-electron chi connectivity index (χ4n) is 3.93. The van der Waals surface area contributed by atoms with Crippen molar-refractivity contribution in [2.45, 2.75) is 19.4 Å². The average molecular weight is 296 g/mol. The van der Waals surface area contributed by atoms with Crippen LogP contribution in [0, 0.1) is 0 Å². The van der Waals surface area contributed by atoms with Gasteiger partial charge in [-0.2, -0.15) is 4.57 Å². The molecule has 1 aromatic heterocycles. The Hall–Kier alpha value is -2.67. The smallest absolute Gasteiger partial charge is 0.198 e. The van der Waals surface area contributed by atoms with Crippen molar-refractivity contribution in [1.29, 1.82) is 0 Å². The van der Waals surface area contributed by atoms with Gasteiger partial charge >= 0.3 is 0 Å². The highest BCUT2D eigenvalue weighted by Gasteiger charge is 2.23. The van der Waals surface area contributed by atoms with Crippen LogP contribution in [-0.2, 0) is 13.0 Å². The molecule has 0 N–H and O–H groups in total. The van der Waals surface area contributed by atoms with Crippen LogP contribution >= 0.6 is 0 Å². The molecule has 1 heteroatoms. The number of aryl methyl sites for hydroxylation is 1. The molecule has 1 aliphatic carbocycles. The summed E-state index contributed by atoms with van der Waals surface area (Å²) < 4.78 is 2.34. The number of hydrogen-bond acceptors (Lipinski definition) is 0. The number of hydrogen-bond donors (Lipinski definition) is 0. The van der Waals surface area contributed by atoms with Crippen molar-refractivity contribution in [3.63, 3.8) is 0 Å². The molecule has 0 atom stereocenters. The fourth-order valence-corrected chi connectivity index (χ4v) is 3.93. The van der Waals surface area contributed by atoms with Crippen LogP contribution in [0.1, 0.15) is 28.8 Å². The van der Waals surface area contributed by atoms with E-state index < -0.39 is 0 Å². The van der Waals surface area contributed by atoms with Crippen LogP contribution in [0.25, 0.3) is 22.8 Å². The molecule has 1 nitrogen and oxygen atoms in total. The first-order valence-electron chi connectivity index (χ1n) is 8.29. The first kappa shape index (κ1) is 12.8. The van der Waals surface area contributed by atoms with E-state index in [0.29, 0.717) is 0 Å². The molecular formula is C22H18N+. The molecule has 2 aromatic carbocycles. The van der Waals surface area contributed by atoms with Gasteiger partial charge in [0.25, 0.3) is 0 Å². The van der Waals surface area contributed by atoms with Crippen LogP contribution in [0.3, 0.4) is 0 Å². The summed E-state index contributed by atoms with van der Waals surface area (Å²) in [5, 5.41) is 0. The highest BCUT2D eigenvalue weighted by atomic mass is 15.0. The van der Waals surface area contributed by atoms with Gasteiger partial charge in [0.05, 0.1) is 0 Å². The number of allylic oxidation sites excluding steroid dienone is 1. The zero-order valence-corrected chi connectivity index (χ0v) is 13.0. The summed E-state index contributed by atoms with van der Waals surface area (Å²) in [5.74, 6) is 0. The quantitative estimate of drug-likeness (QED) is 0.456. The second-order valence-electron chi connectivity index (χ2n) is 6.45. The largest absolute Gasteiger partial charge is 0.208 e. The predicted molar refractivity (Wildman–Crippen MR) is 93.8 cm³/mol. The summed E-state index contributed by atoms with van der Waals surface area (Å²) in [6, 6.07) is 22.2. The number of benzene rings is 2. The molecule has 0 radical (unpaired) electrons. The van der Waals surface area contributed by atoms with Gasteiger partial charge in [-0.3, -0.25) is 0 Å². The van der Waals surface area contributed by atoms with Crippen molar-refractivity contribution in [1.82, 2.24) is 0 Å². The van der Waals surface area contributed by atoms with E-state index in [2.05, 4.69) is 77.5 Å². The molecule has 1 aliphatic heterocycles. The monoisotopic (exact) mass is 296 g/mol. The van der Waals surface area contributed by atoms with Gasteiger partial charge in [0.2, 0.25) is 5.69 Å². The molecule has 3 aromatic rings. The van der Waals surface area contributed by atoms with Crippen molar-refractivity contribution in [2.75, 3.05) is 0 Å². The minimum atomic E-state index is 1.06. The normalized spacial score (nSPS) is 16.3. The second-order valence-corrected chi connectivity index (χ2v) is 6.45. The summed E-state index contributed by atoms with van der Waals surface area (Å²) in [4.78, 5) is 0. The Morgan fingerprint density at radius 1 is 0.826 bits per heavy atom. The maximum atomic E-state index is 2.37. The lowest BCUT2D eigenvalue weighted by Crippen LogP contribution is -2.31. The molecule has 0 saturated carbocycles. The molecule has 0 spiro atoms. The number of rotatable bonds is 1. The minimum absolute atomic E-state index is 1.06. The van der Waals surface area contributed by atoms with Gasteiger partial charge in [0.1, 0.15) is 0 Å². The zero-order chi connectivity index (χ0) is 15.2. The Bertz CT molecular complexity index is 950. The molecule has 2 aliphatic rings. The Morgan fingerprint density at radius 3 is 2.70 bits per heavy atom. The van der Waals surface area contributed by atoms with Gasteiger partial charge in [-0.1, -0.05) is 42.5 Å². The Morgan fingerprint density at radius 2 is 1.70 bits per heavy atom. The second kappa shape index (κ2) is 4.92. The van der Waals surface area contributed by atoms with Gasteiger partial charge in [-0.05, 0) is 46.4 Å². The predicted octanol–water partition coefficient (Wildman–Crippen LogP) is 4.49. The minimum Gasteiger partial charge on any atom is -0.198 e. The summed E-state index contributed by atoms with van der Waals surface area (Å²) >= 11 is 0. The van der Waals surface area contributed by atoms with E-state index in [4.69, 9.17) is 0 Å². The zero-order valence-electron chi connectivity index (χ0n) is 13.0. The van der Waals surface area contributed by atoms with Crippen molar-refractivity contribution in [3.8, 4) is 11.1 Å². The van der Waals surface area contributed by atoms with Gasteiger partial charge in [-0.25, -0.2) is 0 Å². The highest BCUT2D eigenvalue weighted by Crippen LogP contribution is 2.37. The van der Waals surface area contributed by atoms with E-state index >= 15 is 0 Å². The van der Waals surface area contributed by atoms with Crippen molar-refractivity contribution >= 4 is 11.6 Å². The first-order valence-corrected chi connectivity index (χ1v) is 8.29. The Kier molecular flexibility index (Phi) is 2.75.